The van der Waals surface area contributed by atoms with E-state index in [1.165, 1.54) is 10.7 Å². The fourth-order valence-electron chi connectivity index (χ4n) is 3.76. The van der Waals surface area contributed by atoms with E-state index >= 15 is 0 Å². The minimum Gasteiger partial charge on any atom is -0.356 e. The van der Waals surface area contributed by atoms with E-state index in [-0.39, 0.29) is 35.3 Å². The zero-order valence-electron chi connectivity index (χ0n) is 18.8. The van der Waals surface area contributed by atoms with Gasteiger partial charge >= 0.3 is 0 Å². The summed E-state index contributed by atoms with van der Waals surface area (Å²) in [7, 11) is 1.84. The van der Waals surface area contributed by atoms with Crippen molar-refractivity contribution in [3.8, 4) is 0 Å². The Morgan fingerprint density at radius 2 is 1.80 bits per heavy atom. The van der Waals surface area contributed by atoms with Crippen LogP contribution in [0.3, 0.4) is 0 Å². The average Bonchev–Trinajstić information content (AvgIpc) is 3.38. The van der Waals surface area contributed by atoms with Gasteiger partial charge in [-0.3, -0.25) is 14.7 Å². The van der Waals surface area contributed by atoms with Crippen molar-refractivity contribution in [3.05, 3.63) is 16.1 Å². The third kappa shape index (κ3) is 7.05. The number of guanidine groups is 1. The van der Waals surface area contributed by atoms with E-state index in [1.807, 2.05) is 11.9 Å². The van der Waals surface area contributed by atoms with Gasteiger partial charge in [0.25, 0.3) is 0 Å². The predicted molar refractivity (Wildman–Crippen MR) is 135 cm³/mol. The van der Waals surface area contributed by atoms with Crippen molar-refractivity contribution in [2.75, 3.05) is 59.4 Å². The molecule has 3 rings (SSSR count). The molecule has 2 aliphatic rings. The Balaban J connectivity index is 0.00000320. The zero-order valence-corrected chi connectivity index (χ0v) is 22.0. The Labute approximate surface area is 202 Å². The highest BCUT2D eigenvalue weighted by Crippen LogP contribution is 2.23. The van der Waals surface area contributed by atoms with Crippen LogP contribution in [0.4, 0.5) is 0 Å². The number of nitrogens with zero attached hydrogens (tertiary/aromatic N) is 5. The normalized spacial score (nSPS) is 18.5. The molecule has 0 aromatic carbocycles. The van der Waals surface area contributed by atoms with Gasteiger partial charge in [0.1, 0.15) is 0 Å². The average molecular weight is 549 g/mol. The fraction of sp³-hybridized carbons (Fsp3) is 0.762. The topological polar surface area (TPSA) is 64.1 Å². The Kier molecular flexibility index (Phi) is 9.80. The number of carbonyl (C=O) groups is 1. The highest BCUT2D eigenvalue weighted by atomic mass is 127. The maximum Gasteiger partial charge on any atom is 0.236 e. The smallest absolute Gasteiger partial charge is 0.236 e. The highest BCUT2D eigenvalue weighted by molar-refractivity contribution is 14.0. The molecule has 2 aliphatic heterocycles. The monoisotopic (exact) mass is 548 g/mol. The summed E-state index contributed by atoms with van der Waals surface area (Å²) >= 11 is 1.74. The second kappa shape index (κ2) is 11.6. The van der Waals surface area contributed by atoms with Crippen molar-refractivity contribution in [1.29, 1.82) is 0 Å². The summed E-state index contributed by atoms with van der Waals surface area (Å²) in [5.74, 6) is 1.24. The number of amides is 1. The zero-order chi connectivity index (χ0) is 20.9. The number of halogens is 1. The number of hydrogen-bond donors (Lipinski definition) is 1. The molecule has 1 N–H and O–H groups in total. The summed E-state index contributed by atoms with van der Waals surface area (Å²) in [4.78, 5) is 28.2. The van der Waals surface area contributed by atoms with E-state index in [0.29, 0.717) is 6.54 Å². The molecule has 0 bridgehead atoms. The van der Waals surface area contributed by atoms with Gasteiger partial charge in [-0.05, 0) is 12.8 Å². The lowest BCUT2D eigenvalue weighted by Gasteiger charge is -2.36. The molecular weight excluding hydrogens is 511 g/mol. The van der Waals surface area contributed by atoms with Gasteiger partial charge in [0.15, 0.2) is 5.96 Å². The van der Waals surface area contributed by atoms with E-state index < -0.39 is 0 Å². The van der Waals surface area contributed by atoms with Crippen LogP contribution in [0.5, 0.6) is 0 Å². The van der Waals surface area contributed by atoms with Crippen LogP contribution in [0.2, 0.25) is 0 Å². The molecule has 30 heavy (non-hydrogen) atoms. The quantitative estimate of drug-likeness (QED) is 0.348. The molecular formula is C21H37IN6OS. The van der Waals surface area contributed by atoms with E-state index in [0.717, 1.165) is 71.0 Å². The second-order valence-corrected chi connectivity index (χ2v) is 9.89. The van der Waals surface area contributed by atoms with E-state index in [4.69, 9.17) is 4.98 Å². The van der Waals surface area contributed by atoms with Crippen LogP contribution in [0.15, 0.2) is 10.4 Å². The molecule has 0 spiro atoms. The number of aromatic nitrogens is 1. The van der Waals surface area contributed by atoms with Gasteiger partial charge in [-0.15, -0.1) is 35.3 Å². The molecule has 0 radical (unpaired) electrons. The molecule has 1 aromatic heterocycles. The van der Waals surface area contributed by atoms with Crippen LogP contribution in [0, 0.1) is 0 Å². The van der Waals surface area contributed by atoms with Gasteiger partial charge in [-0.1, -0.05) is 20.8 Å². The van der Waals surface area contributed by atoms with Crippen molar-refractivity contribution in [2.24, 2.45) is 4.99 Å². The van der Waals surface area contributed by atoms with E-state index in [1.54, 1.807) is 11.3 Å². The Hall–Kier alpha value is -0.940. The van der Waals surface area contributed by atoms with Gasteiger partial charge in [-0.25, -0.2) is 4.98 Å². The van der Waals surface area contributed by atoms with Gasteiger partial charge < -0.3 is 15.1 Å². The molecule has 2 saturated heterocycles. The third-order valence-corrected chi connectivity index (χ3v) is 6.55. The third-order valence-electron chi connectivity index (χ3n) is 5.64. The van der Waals surface area contributed by atoms with Crippen LogP contribution in [0.1, 0.15) is 44.3 Å². The number of rotatable bonds is 5. The molecule has 7 nitrogen and oxygen atoms in total. The number of carbonyl (C=O) groups excluding carboxylic acids is 1. The summed E-state index contributed by atoms with van der Waals surface area (Å²) in [6.45, 7) is 13.5. The maximum absolute atomic E-state index is 12.4. The summed E-state index contributed by atoms with van der Waals surface area (Å²) in [5, 5.41) is 6.83. The van der Waals surface area contributed by atoms with Crippen LogP contribution in [-0.2, 0) is 16.6 Å². The number of likely N-dealkylation sites (tertiary alicyclic amines) is 1. The molecule has 2 fully saturated rings. The Morgan fingerprint density at radius 1 is 1.13 bits per heavy atom. The second-order valence-electron chi connectivity index (χ2n) is 8.95. The molecule has 1 amide bonds. The van der Waals surface area contributed by atoms with Crippen LogP contribution in [0.25, 0.3) is 0 Å². The van der Waals surface area contributed by atoms with Crippen molar-refractivity contribution in [2.45, 2.75) is 45.4 Å². The van der Waals surface area contributed by atoms with Crippen LogP contribution in [-0.4, -0.2) is 91.0 Å². The van der Waals surface area contributed by atoms with E-state index in [9.17, 15) is 4.79 Å². The standard InChI is InChI=1S/C21H36N6OS.HI/c1-21(2,3)17-16-29-18(24-17)7-8-23-20(22-4)27-13-11-25(12-14-27)15-19(28)26-9-5-6-10-26;/h16H,5-15H2,1-4H3,(H,22,23);1H. The number of thiazole rings is 1. The summed E-state index contributed by atoms with van der Waals surface area (Å²) in [6.07, 6.45) is 3.21. The predicted octanol–water partition coefficient (Wildman–Crippen LogP) is 2.42. The molecule has 0 saturated carbocycles. The first-order valence-electron chi connectivity index (χ1n) is 10.8. The largest absolute Gasteiger partial charge is 0.356 e. The SMILES string of the molecule is CN=C(NCCc1nc(C(C)(C)C)cs1)N1CCN(CC(=O)N2CCCC2)CC1.I. The maximum atomic E-state index is 12.4. The molecule has 170 valence electrons. The molecule has 0 unspecified atom stereocenters. The number of nitrogens with one attached hydrogen (secondary N) is 1. The summed E-state index contributed by atoms with van der Waals surface area (Å²) in [5.41, 5.74) is 1.27. The minimum atomic E-state index is 0. The van der Waals surface area contributed by atoms with Gasteiger partial charge in [0.05, 0.1) is 17.2 Å². The van der Waals surface area contributed by atoms with Crippen molar-refractivity contribution in [3.63, 3.8) is 0 Å². The Bertz CT molecular complexity index is 703. The lowest BCUT2D eigenvalue weighted by molar-refractivity contribution is -0.131. The van der Waals surface area contributed by atoms with Crippen molar-refractivity contribution < 1.29 is 4.79 Å². The molecule has 0 aliphatic carbocycles. The molecule has 0 atom stereocenters. The first-order chi connectivity index (χ1) is 13.9. The first kappa shape index (κ1) is 25.3. The highest BCUT2D eigenvalue weighted by Gasteiger charge is 2.24. The fourth-order valence-corrected chi connectivity index (χ4v) is 4.78. The van der Waals surface area contributed by atoms with Crippen LogP contribution >= 0.6 is 35.3 Å². The van der Waals surface area contributed by atoms with Crippen LogP contribution < -0.4 is 5.32 Å². The summed E-state index contributed by atoms with van der Waals surface area (Å²) in [6, 6.07) is 0. The van der Waals surface area contributed by atoms with E-state index in [2.05, 4.69) is 46.3 Å². The first-order valence-corrected chi connectivity index (χ1v) is 11.7. The number of piperazine rings is 1. The van der Waals surface area contributed by atoms with Crippen molar-refractivity contribution in [1.82, 2.24) is 25.0 Å². The van der Waals surface area contributed by atoms with Gasteiger partial charge in [0.2, 0.25) is 5.91 Å². The molecule has 1 aromatic rings. The molecule has 3 heterocycles. The lowest BCUT2D eigenvalue weighted by atomic mass is 9.93. The lowest BCUT2D eigenvalue weighted by Crippen LogP contribution is -2.54. The Morgan fingerprint density at radius 3 is 2.37 bits per heavy atom. The minimum absolute atomic E-state index is 0. The van der Waals surface area contributed by atoms with Gasteiger partial charge in [0, 0.05) is 70.1 Å². The van der Waals surface area contributed by atoms with Crippen molar-refractivity contribution >= 4 is 47.2 Å². The summed E-state index contributed by atoms with van der Waals surface area (Å²) < 4.78 is 0. The number of aliphatic imine (C=N–C) groups is 1. The van der Waals surface area contributed by atoms with Gasteiger partial charge in [-0.2, -0.15) is 0 Å². The number of hydrogen-bond acceptors (Lipinski definition) is 5. The molecule has 9 heteroatoms.